The number of carbonyl (C=O) groups excluding carboxylic acids is 4. The Balaban J connectivity index is 1.77. The molecule has 2 N–H and O–H groups in total. The summed E-state index contributed by atoms with van der Waals surface area (Å²) in [6.45, 7) is 13.7. The number of fused-ring (bicyclic) bond motifs is 1. The van der Waals surface area contributed by atoms with E-state index in [9.17, 15) is 19.2 Å². The summed E-state index contributed by atoms with van der Waals surface area (Å²) >= 11 is 0. The summed E-state index contributed by atoms with van der Waals surface area (Å²) in [6, 6.07) is 6.76. The predicted molar refractivity (Wildman–Crippen MR) is 147 cm³/mol. The third-order valence-electron chi connectivity index (χ3n) is 7.70. The number of amides is 3. The number of esters is 1. The highest BCUT2D eigenvalue weighted by Crippen LogP contribution is 2.43. The standard InChI is InChI=1S/C30H45N3O6/c1-8-38-27(36)22-21-16-12-15-20(21)17-33(22)26(35)24(30(5,6)7)31-25(34)23(29(2,3)4)32-28(37)39-18-19-13-10-9-11-14-19/h9-11,13-14,20-24H,8,12,15-18H2,1-7H3,(H,31,34)(H,32,37)/t20-,21-,22?,23+,24+/m0/s1. The van der Waals surface area contributed by atoms with E-state index in [4.69, 9.17) is 9.47 Å². The highest BCUT2D eigenvalue weighted by Gasteiger charge is 2.52. The van der Waals surface area contributed by atoms with Crippen LogP contribution >= 0.6 is 0 Å². The van der Waals surface area contributed by atoms with Gasteiger partial charge in [0.25, 0.3) is 0 Å². The Hall–Kier alpha value is -3.10. The van der Waals surface area contributed by atoms with E-state index < -0.39 is 41.0 Å². The Morgan fingerprint density at radius 1 is 0.923 bits per heavy atom. The van der Waals surface area contributed by atoms with Crippen LogP contribution in [0.2, 0.25) is 0 Å². The lowest BCUT2D eigenvalue weighted by Crippen LogP contribution is -2.62. The first kappa shape index (κ1) is 30.4. The van der Waals surface area contributed by atoms with Gasteiger partial charge in [-0.3, -0.25) is 9.59 Å². The molecule has 2 aliphatic rings. The maximum Gasteiger partial charge on any atom is 0.408 e. The summed E-state index contributed by atoms with van der Waals surface area (Å²) in [5, 5.41) is 5.62. The summed E-state index contributed by atoms with van der Waals surface area (Å²) in [4.78, 5) is 54.9. The highest BCUT2D eigenvalue weighted by atomic mass is 16.5. The molecule has 0 bridgehead atoms. The molecule has 1 saturated heterocycles. The van der Waals surface area contributed by atoms with Crippen LogP contribution in [0.25, 0.3) is 0 Å². The smallest absolute Gasteiger partial charge is 0.408 e. The van der Waals surface area contributed by atoms with E-state index in [1.807, 2.05) is 71.9 Å². The van der Waals surface area contributed by atoms with Crippen molar-refractivity contribution in [2.75, 3.05) is 13.2 Å². The number of nitrogens with zero attached hydrogens (tertiary/aromatic N) is 1. The van der Waals surface area contributed by atoms with Crippen molar-refractivity contribution in [1.29, 1.82) is 0 Å². The maximum atomic E-state index is 14.0. The molecule has 2 fully saturated rings. The molecule has 1 aliphatic heterocycles. The van der Waals surface area contributed by atoms with Crippen molar-refractivity contribution in [1.82, 2.24) is 15.5 Å². The Morgan fingerprint density at radius 2 is 1.56 bits per heavy atom. The van der Waals surface area contributed by atoms with Crippen molar-refractivity contribution < 1.29 is 28.7 Å². The van der Waals surface area contributed by atoms with Gasteiger partial charge >= 0.3 is 12.1 Å². The maximum absolute atomic E-state index is 14.0. The summed E-state index contributed by atoms with van der Waals surface area (Å²) in [7, 11) is 0. The van der Waals surface area contributed by atoms with Gasteiger partial charge in [0.05, 0.1) is 6.61 Å². The first-order valence-corrected chi connectivity index (χ1v) is 14.0. The first-order valence-electron chi connectivity index (χ1n) is 14.0. The number of alkyl carbamates (subject to hydrolysis) is 1. The molecule has 9 heteroatoms. The molecule has 3 amide bonds. The van der Waals surface area contributed by atoms with Gasteiger partial charge in [-0.1, -0.05) is 78.3 Å². The average Bonchev–Trinajstić information content (AvgIpc) is 3.45. The van der Waals surface area contributed by atoms with Crippen LogP contribution in [-0.2, 0) is 30.5 Å². The minimum absolute atomic E-state index is 0.0702. The monoisotopic (exact) mass is 543 g/mol. The second-order valence-corrected chi connectivity index (χ2v) is 12.9. The molecule has 5 atom stereocenters. The molecule has 3 rings (SSSR count). The summed E-state index contributed by atoms with van der Waals surface area (Å²) in [5.41, 5.74) is -0.492. The van der Waals surface area contributed by atoms with Gasteiger partial charge in [0.15, 0.2) is 0 Å². The number of benzene rings is 1. The molecule has 1 unspecified atom stereocenters. The second kappa shape index (κ2) is 12.4. The third kappa shape index (κ3) is 7.51. The SMILES string of the molecule is CCOC(=O)C1[C@H]2CCC[C@H]2CN1C(=O)[C@@H](NC(=O)[C@@H](NC(=O)OCc1ccccc1)C(C)(C)C)C(C)(C)C. The van der Waals surface area contributed by atoms with Crippen LogP contribution < -0.4 is 10.6 Å². The minimum atomic E-state index is -0.961. The third-order valence-corrected chi connectivity index (χ3v) is 7.70. The molecular weight excluding hydrogens is 498 g/mol. The second-order valence-electron chi connectivity index (χ2n) is 12.9. The number of ether oxygens (including phenoxy) is 2. The number of rotatable bonds is 8. The van der Waals surface area contributed by atoms with Gasteiger partial charge in [-0.2, -0.15) is 0 Å². The van der Waals surface area contributed by atoms with E-state index in [-0.39, 0.29) is 36.9 Å². The number of hydrogen-bond donors (Lipinski definition) is 2. The van der Waals surface area contributed by atoms with Crippen LogP contribution in [0.15, 0.2) is 30.3 Å². The fraction of sp³-hybridized carbons (Fsp3) is 0.667. The molecular formula is C30H45N3O6. The van der Waals surface area contributed by atoms with Gasteiger partial charge in [-0.25, -0.2) is 9.59 Å². The van der Waals surface area contributed by atoms with E-state index in [2.05, 4.69) is 10.6 Å². The fourth-order valence-corrected chi connectivity index (χ4v) is 5.66. The zero-order valence-corrected chi connectivity index (χ0v) is 24.4. The van der Waals surface area contributed by atoms with Gasteiger partial charge in [0.1, 0.15) is 24.7 Å². The van der Waals surface area contributed by atoms with Crippen LogP contribution in [0, 0.1) is 22.7 Å². The molecule has 1 aliphatic carbocycles. The Bertz CT molecular complexity index is 1030. The number of nitrogens with one attached hydrogen (secondary N) is 2. The normalized spacial score (nSPS) is 22.4. The van der Waals surface area contributed by atoms with Crippen molar-refractivity contribution in [2.45, 2.75) is 92.5 Å². The quantitative estimate of drug-likeness (QED) is 0.478. The van der Waals surface area contributed by atoms with E-state index in [1.54, 1.807) is 11.8 Å². The highest BCUT2D eigenvalue weighted by molar-refractivity contribution is 5.94. The van der Waals surface area contributed by atoms with Crippen LogP contribution in [0.5, 0.6) is 0 Å². The van der Waals surface area contributed by atoms with Crippen molar-refractivity contribution in [3.63, 3.8) is 0 Å². The van der Waals surface area contributed by atoms with Crippen LogP contribution in [0.1, 0.15) is 73.3 Å². The fourth-order valence-electron chi connectivity index (χ4n) is 5.66. The van der Waals surface area contributed by atoms with Gasteiger partial charge in [0, 0.05) is 6.54 Å². The molecule has 0 spiro atoms. The Morgan fingerprint density at radius 3 is 2.15 bits per heavy atom. The van der Waals surface area contributed by atoms with Gasteiger partial charge in [-0.15, -0.1) is 0 Å². The van der Waals surface area contributed by atoms with Crippen LogP contribution in [0.3, 0.4) is 0 Å². The van der Waals surface area contributed by atoms with Crippen molar-refractivity contribution in [3.8, 4) is 0 Å². The first-order chi connectivity index (χ1) is 18.2. The molecule has 1 aromatic carbocycles. The van der Waals surface area contributed by atoms with E-state index in [0.29, 0.717) is 6.54 Å². The summed E-state index contributed by atoms with van der Waals surface area (Å²) < 4.78 is 10.7. The molecule has 9 nitrogen and oxygen atoms in total. The topological polar surface area (TPSA) is 114 Å². The summed E-state index contributed by atoms with van der Waals surface area (Å²) in [6.07, 6.45) is 2.16. The number of hydrogen-bond acceptors (Lipinski definition) is 6. The van der Waals surface area contributed by atoms with Crippen LogP contribution in [0.4, 0.5) is 4.79 Å². The van der Waals surface area contributed by atoms with Crippen molar-refractivity contribution in [3.05, 3.63) is 35.9 Å². The lowest BCUT2D eigenvalue weighted by Gasteiger charge is -2.38. The number of likely N-dealkylation sites (tertiary alicyclic amines) is 1. The molecule has 1 aromatic rings. The molecule has 216 valence electrons. The average molecular weight is 544 g/mol. The number of carbonyl (C=O) groups is 4. The van der Waals surface area contributed by atoms with Gasteiger partial charge < -0.3 is 25.0 Å². The Labute approximate surface area is 232 Å². The largest absolute Gasteiger partial charge is 0.464 e. The van der Waals surface area contributed by atoms with Gasteiger partial charge in [-0.05, 0) is 48.0 Å². The zero-order chi connectivity index (χ0) is 29.0. The predicted octanol–water partition coefficient (Wildman–Crippen LogP) is 4.05. The van der Waals surface area contributed by atoms with E-state index in [1.165, 1.54) is 0 Å². The van der Waals surface area contributed by atoms with Crippen molar-refractivity contribution in [2.24, 2.45) is 22.7 Å². The molecule has 1 heterocycles. The van der Waals surface area contributed by atoms with Gasteiger partial charge in [0.2, 0.25) is 11.8 Å². The van der Waals surface area contributed by atoms with E-state index in [0.717, 1.165) is 24.8 Å². The van der Waals surface area contributed by atoms with E-state index >= 15 is 0 Å². The van der Waals surface area contributed by atoms with Crippen LogP contribution in [-0.4, -0.2) is 60.1 Å². The molecule has 1 saturated carbocycles. The molecule has 39 heavy (non-hydrogen) atoms. The molecule has 0 radical (unpaired) electrons. The zero-order valence-electron chi connectivity index (χ0n) is 24.4. The Kier molecular flexibility index (Phi) is 9.67. The molecule has 0 aromatic heterocycles. The minimum Gasteiger partial charge on any atom is -0.464 e. The summed E-state index contributed by atoms with van der Waals surface area (Å²) in [5.74, 6) is -0.840. The lowest BCUT2D eigenvalue weighted by atomic mass is 9.83. The van der Waals surface area contributed by atoms with Crippen molar-refractivity contribution >= 4 is 23.9 Å². The lowest BCUT2D eigenvalue weighted by molar-refractivity contribution is -0.156.